The molecule has 108 valence electrons. The third-order valence-electron chi connectivity index (χ3n) is 4.70. The zero-order valence-corrected chi connectivity index (χ0v) is 12.3. The molecule has 1 aliphatic rings. The Morgan fingerprint density at radius 3 is 2.89 bits per heavy atom. The van der Waals surface area contributed by atoms with Crippen molar-refractivity contribution in [1.29, 1.82) is 0 Å². The highest BCUT2D eigenvalue weighted by molar-refractivity contribution is 5.16. The maximum Gasteiger partial charge on any atom is 0.105 e. The first-order valence-corrected chi connectivity index (χ1v) is 7.11. The first-order chi connectivity index (χ1) is 9.14. The summed E-state index contributed by atoms with van der Waals surface area (Å²) in [7, 11) is 3.95. The number of ether oxygens (including phenoxy) is 1. The van der Waals surface area contributed by atoms with Gasteiger partial charge in [0, 0.05) is 25.8 Å². The van der Waals surface area contributed by atoms with Gasteiger partial charge in [-0.05, 0) is 32.9 Å². The van der Waals surface area contributed by atoms with Crippen LogP contribution >= 0.6 is 0 Å². The van der Waals surface area contributed by atoms with E-state index in [2.05, 4.69) is 11.9 Å². The minimum Gasteiger partial charge on any atom is -0.469 e. The van der Waals surface area contributed by atoms with E-state index in [-0.39, 0.29) is 11.6 Å². The monoisotopic (exact) mass is 266 g/mol. The predicted octanol–water partition coefficient (Wildman–Crippen LogP) is 2.31. The minimum atomic E-state index is -0.0449. The molecule has 0 saturated heterocycles. The van der Waals surface area contributed by atoms with Crippen LogP contribution in [0.2, 0.25) is 0 Å². The lowest BCUT2D eigenvalue weighted by atomic mass is 9.77. The van der Waals surface area contributed by atoms with Crippen LogP contribution in [0.25, 0.3) is 0 Å². The number of methoxy groups -OCH3 is 1. The Kier molecular flexibility index (Phi) is 4.66. The normalized spacial score (nSPS) is 27.9. The van der Waals surface area contributed by atoms with E-state index in [1.807, 2.05) is 13.0 Å². The van der Waals surface area contributed by atoms with Gasteiger partial charge in [0.05, 0.1) is 17.9 Å². The van der Waals surface area contributed by atoms with Crippen molar-refractivity contribution in [1.82, 2.24) is 4.90 Å². The molecule has 1 aromatic rings. The highest BCUT2D eigenvalue weighted by Crippen LogP contribution is 2.35. The van der Waals surface area contributed by atoms with Crippen LogP contribution in [-0.2, 0) is 11.3 Å². The fourth-order valence-electron chi connectivity index (χ4n) is 3.34. The van der Waals surface area contributed by atoms with Crippen LogP contribution < -0.4 is 5.73 Å². The number of nitrogens with zero attached hydrogens (tertiary/aromatic N) is 1. The SMILES string of the molecule is COC1CCCCC1(CN)N(C)Cc1ccoc1C. The number of hydrogen-bond donors (Lipinski definition) is 1. The third-order valence-corrected chi connectivity index (χ3v) is 4.70. The van der Waals surface area contributed by atoms with E-state index in [9.17, 15) is 0 Å². The van der Waals surface area contributed by atoms with E-state index < -0.39 is 0 Å². The van der Waals surface area contributed by atoms with Crippen molar-refractivity contribution < 1.29 is 9.15 Å². The maximum absolute atomic E-state index is 6.13. The molecule has 1 aromatic heterocycles. The zero-order chi connectivity index (χ0) is 13.9. The van der Waals surface area contributed by atoms with Gasteiger partial charge in [-0.3, -0.25) is 4.90 Å². The van der Waals surface area contributed by atoms with E-state index in [1.54, 1.807) is 13.4 Å². The molecular formula is C15H26N2O2. The van der Waals surface area contributed by atoms with E-state index in [0.717, 1.165) is 25.1 Å². The summed E-state index contributed by atoms with van der Waals surface area (Å²) in [4.78, 5) is 2.36. The summed E-state index contributed by atoms with van der Waals surface area (Å²) >= 11 is 0. The molecule has 2 N–H and O–H groups in total. The Balaban J connectivity index is 2.17. The van der Waals surface area contributed by atoms with Crippen LogP contribution in [0.1, 0.15) is 37.0 Å². The lowest BCUT2D eigenvalue weighted by Gasteiger charge is -2.48. The van der Waals surface area contributed by atoms with Crippen molar-refractivity contribution >= 4 is 0 Å². The molecule has 2 unspecified atom stereocenters. The minimum absolute atomic E-state index is 0.0449. The second-order valence-electron chi connectivity index (χ2n) is 5.64. The smallest absolute Gasteiger partial charge is 0.105 e. The van der Waals surface area contributed by atoms with Crippen LogP contribution in [0.5, 0.6) is 0 Å². The molecule has 2 rings (SSSR count). The number of rotatable bonds is 5. The second-order valence-corrected chi connectivity index (χ2v) is 5.64. The van der Waals surface area contributed by atoms with Gasteiger partial charge in [0.25, 0.3) is 0 Å². The number of nitrogens with two attached hydrogens (primary N) is 1. The van der Waals surface area contributed by atoms with E-state index in [0.29, 0.717) is 6.54 Å². The highest BCUT2D eigenvalue weighted by atomic mass is 16.5. The molecule has 1 aliphatic carbocycles. The molecule has 1 fully saturated rings. The van der Waals surface area contributed by atoms with Gasteiger partial charge in [-0.1, -0.05) is 12.8 Å². The van der Waals surface area contributed by atoms with Gasteiger partial charge in [0.15, 0.2) is 0 Å². The zero-order valence-electron chi connectivity index (χ0n) is 12.3. The van der Waals surface area contributed by atoms with Crippen LogP contribution in [-0.4, -0.2) is 37.2 Å². The number of likely N-dealkylation sites (N-methyl/N-ethyl adjacent to an activating group) is 1. The lowest BCUT2D eigenvalue weighted by Crippen LogP contribution is -2.61. The molecule has 0 radical (unpaired) electrons. The molecule has 0 bridgehead atoms. The first-order valence-electron chi connectivity index (χ1n) is 7.11. The molecule has 1 saturated carbocycles. The van der Waals surface area contributed by atoms with Gasteiger partial charge >= 0.3 is 0 Å². The molecule has 4 heteroatoms. The van der Waals surface area contributed by atoms with Gasteiger partial charge in [0.1, 0.15) is 5.76 Å². The summed E-state index contributed by atoms with van der Waals surface area (Å²) in [5, 5.41) is 0. The number of hydrogen-bond acceptors (Lipinski definition) is 4. The fraction of sp³-hybridized carbons (Fsp3) is 0.733. The molecule has 0 amide bonds. The van der Waals surface area contributed by atoms with Crippen LogP contribution in [0, 0.1) is 6.92 Å². The van der Waals surface area contributed by atoms with Crippen molar-refractivity contribution in [3.63, 3.8) is 0 Å². The van der Waals surface area contributed by atoms with Crippen LogP contribution in [0.4, 0.5) is 0 Å². The highest BCUT2D eigenvalue weighted by Gasteiger charge is 2.43. The number of aryl methyl sites for hydroxylation is 1. The predicted molar refractivity (Wildman–Crippen MR) is 76.0 cm³/mol. The van der Waals surface area contributed by atoms with E-state index in [4.69, 9.17) is 14.9 Å². The largest absolute Gasteiger partial charge is 0.469 e. The fourth-order valence-corrected chi connectivity index (χ4v) is 3.34. The summed E-state index contributed by atoms with van der Waals surface area (Å²) < 4.78 is 11.1. The van der Waals surface area contributed by atoms with E-state index >= 15 is 0 Å². The summed E-state index contributed by atoms with van der Waals surface area (Å²) in [5.74, 6) is 0.990. The van der Waals surface area contributed by atoms with Crippen molar-refractivity contribution in [2.24, 2.45) is 5.73 Å². The van der Waals surface area contributed by atoms with Gasteiger partial charge < -0.3 is 14.9 Å². The van der Waals surface area contributed by atoms with Gasteiger partial charge in [0.2, 0.25) is 0 Å². The Hall–Kier alpha value is -0.840. The van der Waals surface area contributed by atoms with Gasteiger partial charge in [-0.2, -0.15) is 0 Å². The van der Waals surface area contributed by atoms with E-state index in [1.165, 1.54) is 18.4 Å². The molecule has 19 heavy (non-hydrogen) atoms. The molecule has 0 spiro atoms. The van der Waals surface area contributed by atoms with Crippen molar-refractivity contribution in [2.45, 2.75) is 50.8 Å². The summed E-state index contributed by atoms with van der Waals surface area (Å²) in [5.41, 5.74) is 7.31. The maximum atomic E-state index is 6.13. The standard InChI is InChI=1S/C15H26N2O2/c1-12-13(7-9-19-12)10-17(2)15(11-16)8-5-4-6-14(15)18-3/h7,9,14H,4-6,8,10-11,16H2,1-3H3. The average Bonchev–Trinajstić information content (AvgIpc) is 2.83. The number of furan rings is 1. The Bertz CT molecular complexity index is 405. The third kappa shape index (κ3) is 2.71. The molecule has 0 aliphatic heterocycles. The molecule has 1 heterocycles. The van der Waals surface area contributed by atoms with Crippen molar-refractivity contribution in [3.8, 4) is 0 Å². The van der Waals surface area contributed by atoms with Crippen molar-refractivity contribution in [3.05, 3.63) is 23.7 Å². The van der Waals surface area contributed by atoms with Gasteiger partial charge in [-0.15, -0.1) is 0 Å². The van der Waals surface area contributed by atoms with Crippen LogP contribution in [0.15, 0.2) is 16.7 Å². The molecule has 4 nitrogen and oxygen atoms in total. The van der Waals surface area contributed by atoms with Crippen molar-refractivity contribution in [2.75, 3.05) is 20.7 Å². The molecule has 0 aromatic carbocycles. The summed E-state index contributed by atoms with van der Waals surface area (Å²) in [6.07, 6.45) is 6.65. The summed E-state index contributed by atoms with van der Waals surface area (Å²) in [6.45, 7) is 3.51. The first kappa shape index (κ1) is 14.6. The Morgan fingerprint density at radius 2 is 2.32 bits per heavy atom. The molecular weight excluding hydrogens is 240 g/mol. The van der Waals surface area contributed by atoms with Crippen LogP contribution in [0.3, 0.4) is 0 Å². The lowest BCUT2D eigenvalue weighted by molar-refractivity contribution is -0.0689. The molecule has 2 atom stereocenters. The van der Waals surface area contributed by atoms with Gasteiger partial charge in [-0.25, -0.2) is 0 Å². The summed E-state index contributed by atoms with van der Waals surface area (Å²) in [6, 6.07) is 2.04. The Morgan fingerprint density at radius 1 is 1.53 bits per heavy atom. The topological polar surface area (TPSA) is 51.6 Å². The quantitative estimate of drug-likeness (QED) is 0.888. The Labute approximate surface area is 115 Å². The average molecular weight is 266 g/mol. The second kappa shape index (κ2) is 6.07.